The van der Waals surface area contributed by atoms with E-state index in [1.54, 1.807) is 0 Å². The fraction of sp³-hybridized carbons (Fsp3) is 0.500. The van der Waals surface area contributed by atoms with E-state index < -0.39 is 0 Å². The summed E-state index contributed by atoms with van der Waals surface area (Å²) in [5.74, 6) is 0.491. The normalized spacial score (nSPS) is 24.8. The molecule has 0 bridgehead atoms. The van der Waals surface area contributed by atoms with Crippen molar-refractivity contribution in [2.45, 2.75) is 32.4 Å². The molecule has 98 valence electrons. The predicted octanol–water partition coefficient (Wildman–Crippen LogP) is 2.52. The lowest BCUT2D eigenvalue weighted by molar-refractivity contribution is -0.124. The molecule has 1 aliphatic heterocycles. The van der Waals surface area contributed by atoms with Gasteiger partial charge >= 0.3 is 0 Å². The zero-order chi connectivity index (χ0) is 13.1. The van der Waals surface area contributed by atoms with Crippen molar-refractivity contribution in [1.82, 2.24) is 10.6 Å². The van der Waals surface area contributed by atoms with Crippen LogP contribution < -0.4 is 10.6 Å². The fourth-order valence-corrected chi connectivity index (χ4v) is 2.45. The third-order valence-corrected chi connectivity index (χ3v) is 3.80. The van der Waals surface area contributed by atoms with Crippen molar-refractivity contribution in [3.63, 3.8) is 0 Å². The number of rotatable bonds is 3. The van der Waals surface area contributed by atoms with Crippen molar-refractivity contribution in [1.29, 1.82) is 0 Å². The van der Waals surface area contributed by atoms with Gasteiger partial charge in [-0.25, -0.2) is 0 Å². The number of halogens is 1. The van der Waals surface area contributed by atoms with E-state index in [4.69, 9.17) is 11.6 Å². The van der Waals surface area contributed by atoms with Gasteiger partial charge in [0.25, 0.3) is 0 Å². The Morgan fingerprint density at radius 1 is 1.44 bits per heavy atom. The minimum atomic E-state index is -0.0558. The molecule has 0 aliphatic carbocycles. The van der Waals surface area contributed by atoms with Crippen molar-refractivity contribution >= 4 is 17.5 Å². The number of hydrogen-bond acceptors (Lipinski definition) is 2. The van der Waals surface area contributed by atoms with Gasteiger partial charge in [0, 0.05) is 5.02 Å². The maximum absolute atomic E-state index is 12.1. The zero-order valence-electron chi connectivity index (χ0n) is 10.7. The van der Waals surface area contributed by atoms with Crippen LogP contribution in [0.4, 0.5) is 0 Å². The van der Waals surface area contributed by atoms with Crippen LogP contribution in [0.25, 0.3) is 0 Å². The van der Waals surface area contributed by atoms with Gasteiger partial charge in [0.2, 0.25) is 5.91 Å². The van der Waals surface area contributed by atoms with Gasteiger partial charge in [0.15, 0.2) is 0 Å². The van der Waals surface area contributed by atoms with Gasteiger partial charge in [-0.3, -0.25) is 4.79 Å². The minimum Gasteiger partial charge on any atom is -0.348 e. The molecule has 4 heteroatoms. The lowest BCUT2D eigenvalue weighted by atomic mass is 10.0. The van der Waals surface area contributed by atoms with Crippen molar-refractivity contribution in [3.05, 3.63) is 34.9 Å². The van der Waals surface area contributed by atoms with Crippen LogP contribution in [-0.4, -0.2) is 18.5 Å². The third-order valence-electron chi connectivity index (χ3n) is 3.54. The molecule has 1 aliphatic rings. The molecule has 0 aromatic heterocycles. The molecule has 18 heavy (non-hydrogen) atoms. The van der Waals surface area contributed by atoms with Gasteiger partial charge < -0.3 is 10.6 Å². The molecule has 2 N–H and O–H groups in total. The molecule has 3 nitrogen and oxygen atoms in total. The van der Waals surface area contributed by atoms with Crippen molar-refractivity contribution in [3.8, 4) is 0 Å². The first-order chi connectivity index (χ1) is 8.58. The average molecular weight is 267 g/mol. The molecule has 1 saturated heterocycles. The van der Waals surface area contributed by atoms with Crippen LogP contribution in [-0.2, 0) is 4.79 Å². The molecule has 2 rings (SSSR count). The van der Waals surface area contributed by atoms with Gasteiger partial charge in [0.05, 0.1) is 12.1 Å². The Kier molecular flexibility index (Phi) is 4.25. The summed E-state index contributed by atoms with van der Waals surface area (Å²) in [6.07, 6.45) is 1.06. The molecule has 1 heterocycles. The summed E-state index contributed by atoms with van der Waals surface area (Å²) in [5, 5.41) is 6.99. The highest BCUT2D eigenvalue weighted by atomic mass is 35.5. The van der Waals surface area contributed by atoms with Crippen LogP contribution in [0.3, 0.4) is 0 Å². The lowest BCUT2D eigenvalue weighted by Crippen LogP contribution is -2.44. The second-order valence-electron chi connectivity index (χ2n) is 4.98. The van der Waals surface area contributed by atoms with E-state index in [0.717, 1.165) is 18.5 Å². The van der Waals surface area contributed by atoms with Crippen molar-refractivity contribution in [2.75, 3.05) is 6.54 Å². The Bertz CT molecular complexity index is 418. The summed E-state index contributed by atoms with van der Waals surface area (Å²) >= 11 is 5.85. The van der Waals surface area contributed by atoms with Crippen molar-refractivity contribution < 1.29 is 4.79 Å². The van der Waals surface area contributed by atoms with Gasteiger partial charge in [-0.15, -0.1) is 0 Å². The van der Waals surface area contributed by atoms with Crippen LogP contribution in [0.2, 0.25) is 5.02 Å². The first kappa shape index (κ1) is 13.4. The lowest BCUT2D eigenvalue weighted by Gasteiger charge is -2.20. The summed E-state index contributed by atoms with van der Waals surface area (Å²) < 4.78 is 0. The minimum absolute atomic E-state index is 0.00404. The van der Waals surface area contributed by atoms with Gasteiger partial charge in [0.1, 0.15) is 0 Å². The first-order valence-corrected chi connectivity index (χ1v) is 6.75. The largest absolute Gasteiger partial charge is 0.348 e. The van der Waals surface area contributed by atoms with Crippen LogP contribution in [0.1, 0.15) is 31.9 Å². The number of carbonyl (C=O) groups excluding carboxylic acids is 1. The van der Waals surface area contributed by atoms with Gasteiger partial charge in [-0.1, -0.05) is 30.7 Å². The standard InChI is InChI=1S/C14H19ClN2O/c1-9-7-8-16-13(9)14(18)17-10(2)11-3-5-12(15)6-4-11/h3-6,9-10,13,16H,7-8H2,1-2H3,(H,17,18). The SMILES string of the molecule is CC(NC(=O)C1NCCC1C)c1ccc(Cl)cc1. The van der Waals surface area contributed by atoms with E-state index >= 15 is 0 Å². The number of nitrogens with one attached hydrogen (secondary N) is 2. The molecular formula is C14H19ClN2O. The van der Waals surface area contributed by atoms with Crippen LogP contribution in [0, 0.1) is 5.92 Å². The molecule has 1 aromatic rings. The molecule has 1 amide bonds. The molecule has 0 radical (unpaired) electrons. The monoisotopic (exact) mass is 266 g/mol. The van der Waals surface area contributed by atoms with Crippen LogP contribution in [0.15, 0.2) is 24.3 Å². The quantitative estimate of drug-likeness (QED) is 0.883. The topological polar surface area (TPSA) is 41.1 Å². The summed E-state index contributed by atoms with van der Waals surface area (Å²) in [5.41, 5.74) is 1.07. The highest BCUT2D eigenvalue weighted by Crippen LogP contribution is 2.18. The Morgan fingerprint density at radius 3 is 2.67 bits per heavy atom. The van der Waals surface area contributed by atoms with Crippen LogP contribution in [0.5, 0.6) is 0 Å². The van der Waals surface area contributed by atoms with Crippen molar-refractivity contribution in [2.24, 2.45) is 5.92 Å². The number of benzene rings is 1. The number of hydrogen-bond donors (Lipinski definition) is 2. The van der Waals surface area contributed by atoms with E-state index in [9.17, 15) is 4.79 Å². The fourth-order valence-electron chi connectivity index (χ4n) is 2.32. The molecule has 0 saturated carbocycles. The Morgan fingerprint density at radius 2 is 2.11 bits per heavy atom. The van der Waals surface area contributed by atoms with E-state index in [1.807, 2.05) is 31.2 Å². The smallest absolute Gasteiger partial charge is 0.237 e. The Hall–Kier alpha value is -1.06. The first-order valence-electron chi connectivity index (χ1n) is 6.37. The molecule has 3 atom stereocenters. The predicted molar refractivity (Wildman–Crippen MR) is 73.6 cm³/mol. The Labute approximate surface area is 113 Å². The summed E-state index contributed by atoms with van der Waals surface area (Å²) in [6, 6.07) is 7.52. The van der Waals surface area contributed by atoms with E-state index in [-0.39, 0.29) is 18.0 Å². The van der Waals surface area contributed by atoms with E-state index in [0.29, 0.717) is 10.9 Å². The zero-order valence-corrected chi connectivity index (χ0v) is 11.5. The number of carbonyl (C=O) groups is 1. The summed E-state index contributed by atoms with van der Waals surface area (Å²) in [4.78, 5) is 12.1. The van der Waals surface area contributed by atoms with Crippen LogP contribution >= 0.6 is 11.6 Å². The summed E-state index contributed by atoms with van der Waals surface area (Å²) in [7, 11) is 0. The molecular weight excluding hydrogens is 248 g/mol. The number of amides is 1. The van der Waals surface area contributed by atoms with Gasteiger partial charge in [-0.05, 0) is 43.5 Å². The molecule has 1 aromatic carbocycles. The van der Waals surface area contributed by atoms with E-state index in [2.05, 4.69) is 17.6 Å². The average Bonchev–Trinajstić information content (AvgIpc) is 2.76. The maximum Gasteiger partial charge on any atom is 0.237 e. The third kappa shape index (κ3) is 3.03. The maximum atomic E-state index is 12.1. The van der Waals surface area contributed by atoms with Gasteiger partial charge in [-0.2, -0.15) is 0 Å². The molecule has 3 unspecified atom stereocenters. The van der Waals surface area contributed by atoms with E-state index in [1.165, 1.54) is 0 Å². The Balaban J connectivity index is 1.96. The highest BCUT2D eigenvalue weighted by molar-refractivity contribution is 6.30. The molecule has 1 fully saturated rings. The highest BCUT2D eigenvalue weighted by Gasteiger charge is 2.29. The molecule has 0 spiro atoms. The second-order valence-corrected chi connectivity index (χ2v) is 5.42. The summed E-state index contributed by atoms with van der Waals surface area (Å²) in [6.45, 7) is 5.02. The second kappa shape index (κ2) is 5.72.